The third kappa shape index (κ3) is 4.26. The van der Waals surface area contributed by atoms with Crippen LogP contribution in [0.15, 0.2) is 47.7 Å². The second-order valence-corrected chi connectivity index (χ2v) is 7.76. The Bertz CT molecular complexity index is 1040. The average Bonchev–Trinajstić information content (AvgIpc) is 3.07. The number of amides is 2. The van der Waals surface area contributed by atoms with Crippen molar-refractivity contribution in [3.05, 3.63) is 59.3 Å². The molecule has 2 N–H and O–H groups in total. The number of rotatable bonds is 4. The molecule has 3 rings (SSSR count). The Kier molecular flexibility index (Phi) is 5.15. The van der Waals surface area contributed by atoms with Gasteiger partial charge in [0.25, 0.3) is 10.0 Å². The summed E-state index contributed by atoms with van der Waals surface area (Å²) in [6.45, 7) is 3.26. The van der Waals surface area contributed by atoms with Gasteiger partial charge in [-0.05, 0) is 32.1 Å². The molecule has 2 heterocycles. The number of allylic oxidation sites excluding steroid dienone is 4. The van der Waals surface area contributed by atoms with Gasteiger partial charge in [-0.25, -0.2) is 22.9 Å². The fourth-order valence-corrected chi connectivity index (χ4v) is 4.18. The molecule has 11 heteroatoms. The van der Waals surface area contributed by atoms with E-state index in [1.165, 1.54) is 6.08 Å². The maximum Gasteiger partial charge on any atom is 0.335 e. The predicted molar refractivity (Wildman–Crippen MR) is 104 cm³/mol. The molecule has 1 atom stereocenters. The molecule has 1 aliphatic carbocycles. The van der Waals surface area contributed by atoms with Crippen molar-refractivity contribution in [1.29, 1.82) is 0 Å². The predicted octanol–water partition coefficient (Wildman–Crippen LogP) is 1.81. The smallest absolute Gasteiger partial charge is 0.335 e. The number of anilines is 1. The van der Waals surface area contributed by atoms with Crippen molar-refractivity contribution in [2.45, 2.75) is 19.9 Å². The molecule has 2 aromatic rings. The van der Waals surface area contributed by atoms with Crippen LogP contribution < -0.4 is 10.0 Å². The molecule has 1 unspecified atom stereocenters. The molecule has 1 aliphatic rings. The Labute approximate surface area is 161 Å². The minimum absolute atomic E-state index is 0.0435. The Hall–Kier alpha value is -2.92. The zero-order chi connectivity index (χ0) is 19.6. The van der Waals surface area contributed by atoms with E-state index in [4.69, 9.17) is 12.2 Å². The van der Waals surface area contributed by atoms with Crippen molar-refractivity contribution in [2.75, 3.05) is 5.32 Å². The van der Waals surface area contributed by atoms with Gasteiger partial charge in [0, 0.05) is 12.4 Å². The minimum Gasteiger partial charge on any atom is -0.343 e. The number of nitrogens with zero attached hydrogens (tertiary/aromatic N) is 4. The van der Waals surface area contributed by atoms with Gasteiger partial charge in [-0.2, -0.15) is 9.97 Å². The number of nitrogens with one attached hydrogen (secondary N) is 2. The van der Waals surface area contributed by atoms with Crippen LogP contribution in [0.5, 0.6) is 0 Å². The lowest BCUT2D eigenvalue weighted by molar-refractivity contribution is 0.256. The number of urea groups is 1. The van der Waals surface area contributed by atoms with Gasteiger partial charge < -0.3 is 4.57 Å². The van der Waals surface area contributed by atoms with E-state index < -0.39 is 22.1 Å². The number of sulfonamides is 1. The highest BCUT2D eigenvalue weighted by Gasteiger charge is 2.30. The van der Waals surface area contributed by atoms with Crippen molar-refractivity contribution in [1.82, 2.24) is 24.2 Å². The van der Waals surface area contributed by atoms with Crippen LogP contribution >= 0.6 is 12.2 Å². The third-order valence-electron chi connectivity index (χ3n) is 3.60. The molecule has 0 spiro atoms. The second-order valence-electron chi connectivity index (χ2n) is 5.67. The second kappa shape index (κ2) is 7.37. The number of hydrogen-bond donors (Lipinski definition) is 2. The van der Waals surface area contributed by atoms with Crippen LogP contribution in [-0.2, 0) is 10.0 Å². The van der Waals surface area contributed by atoms with Gasteiger partial charge in [0.05, 0.1) is 10.9 Å². The van der Waals surface area contributed by atoms with E-state index >= 15 is 0 Å². The molecule has 27 heavy (non-hydrogen) atoms. The molecule has 0 saturated carbocycles. The van der Waals surface area contributed by atoms with E-state index in [2.05, 4.69) is 20.3 Å². The Morgan fingerprint density at radius 3 is 2.41 bits per heavy atom. The van der Waals surface area contributed by atoms with E-state index in [1.807, 2.05) is 16.9 Å². The summed E-state index contributed by atoms with van der Waals surface area (Å²) in [5, 5.41) is 2.29. The highest BCUT2D eigenvalue weighted by molar-refractivity contribution is 7.97. The zero-order valence-corrected chi connectivity index (χ0v) is 16.1. The molecule has 0 aromatic carbocycles. The number of aryl methyl sites for hydroxylation is 2. The van der Waals surface area contributed by atoms with Crippen molar-refractivity contribution < 1.29 is 13.2 Å². The van der Waals surface area contributed by atoms with Gasteiger partial charge in [0.1, 0.15) is 16.6 Å². The molecule has 0 radical (unpaired) electrons. The van der Waals surface area contributed by atoms with E-state index in [9.17, 15) is 13.2 Å². The summed E-state index contributed by atoms with van der Waals surface area (Å²) in [4.78, 5) is 24.0. The molecular weight excluding hydrogens is 388 g/mol. The lowest BCUT2D eigenvalue weighted by Gasteiger charge is -2.21. The largest absolute Gasteiger partial charge is 0.343 e. The van der Waals surface area contributed by atoms with Crippen molar-refractivity contribution in [3.8, 4) is 0 Å². The molecule has 9 nitrogen and oxygen atoms in total. The molecule has 2 amide bonds. The Morgan fingerprint density at radius 1 is 1.15 bits per heavy atom. The van der Waals surface area contributed by atoms with E-state index in [0.717, 1.165) is 0 Å². The summed E-state index contributed by atoms with van der Waals surface area (Å²) in [6, 6.07) is 2.21. The summed E-state index contributed by atoms with van der Waals surface area (Å²) >= 11 is 5.34. The number of thiocarbonyl (C=S) groups is 1. The summed E-state index contributed by atoms with van der Waals surface area (Å²) in [5.41, 5.74) is 0. The van der Waals surface area contributed by atoms with Crippen LogP contribution in [0, 0.1) is 13.8 Å². The van der Waals surface area contributed by atoms with Crippen molar-refractivity contribution >= 4 is 39.1 Å². The Balaban J connectivity index is 1.76. The molecule has 0 saturated heterocycles. The molecule has 2 aromatic heterocycles. The van der Waals surface area contributed by atoms with Crippen LogP contribution in [0.4, 0.5) is 10.7 Å². The standard InChI is InChI=1S/C16H16N6O3S2/c1-10-17-11(2)19-15(18-10)20-16(23)21-27(24,25)13-7-5-6-12(14(13)26)22-8-3-4-9-22/h3-9,12H,1-2H3,(H2,17,18,19,20,21,23). The van der Waals surface area contributed by atoms with Crippen LogP contribution in [0.1, 0.15) is 17.7 Å². The van der Waals surface area contributed by atoms with Crippen LogP contribution in [0.2, 0.25) is 0 Å². The molecule has 0 bridgehead atoms. The lowest BCUT2D eigenvalue weighted by atomic mass is 10.1. The minimum atomic E-state index is -4.17. The first-order valence-corrected chi connectivity index (χ1v) is 9.73. The van der Waals surface area contributed by atoms with Gasteiger partial charge in [-0.3, -0.25) is 5.32 Å². The van der Waals surface area contributed by atoms with Crippen molar-refractivity contribution in [3.63, 3.8) is 0 Å². The molecule has 0 fully saturated rings. The van der Waals surface area contributed by atoms with Crippen molar-refractivity contribution in [2.24, 2.45) is 0 Å². The Morgan fingerprint density at radius 2 is 1.78 bits per heavy atom. The summed E-state index contributed by atoms with van der Waals surface area (Å²) in [5.74, 6) is 0.756. The van der Waals surface area contributed by atoms with E-state index in [-0.39, 0.29) is 15.7 Å². The average molecular weight is 404 g/mol. The topological polar surface area (TPSA) is 119 Å². The van der Waals surface area contributed by atoms with Crippen LogP contribution in [0.3, 0.4) is 0 Å². The third-order valence-corrected chi connectivity index (χ3v) is 5.58. The van der Waals surface area contributed by atoms with Gasteiger partial charge in [0.2, 0.25) is 5.95 Å². The van der Waals surface area contributed by atoms with E-state index in [1.54, 1.807) is 43.0 Å². The number of aromatic nitrogens is 4. The highest BCUT2D eigenvalue weighted by atomic mass is 32.2. The monoisotopic (exact) mass is 404 g/mol. The normalized spacial score (nSPS) is 16.7. The quantitative estimate of drug-likeness (QED) is 0.746. The molecular formula is C16H16N6O3S2. The van der Waals surface area contributed by atoms with Gasteiger partial charge in [-0.15, -0.1) is 0 Å². The maximum absolute atomic E-state index is 12.6. The number of carbonyl (C=O) groups excluding carboxylic acids is 1. The maximum atomic E-state index is 12.6. The van der Waals surface area contributed by atoms with Gasteiger partial charge in [-0.1, -0.05) is 24.4 Å². The number of carbonyl (C=O) groups is 1. The SMILES string of the molecule is Cc1nc(C)nc(NC(=O)NS(=O)(=O)C2=CC=CC(n3cccc3)C2=S)n1. The lowest BCUT2D eigenvalue weighted by Crippen LogP contribution is -2.38. The summed E-state index contributed by atoms with van der Waals surface area (Å²) in [6.07, 6.45) is 8.28. The van der Waals surface area contributed by atoms with Crippen LogP contribution in [-0.4, -0.2) is 38.8 Å². The van der Waals surface area contributed by atoms with Gasteiger partial charge in [0.15, 0.2) is 0 Å². The highest BCUT2D eigenvalue weighted by Crippen LogP contribution is 2.24. The zero-order valence-electron chi connectivity index (χ0n) is 14.4. The van der Waals surface area contributed by atoms with Crippen LogP contribution in [0.25, 0.3) is 0 Å². The first-order valence-electron chi connectivity index (χ1n) is 7.84. The molecule has 140 valence electrons. The van der Waals surface area contributed by atoms with Gasteiger partial charge >= 0.3 is 6.03 Å². The molecule has 0 aliphatic heterocycles. The van der Waals surface area contributed by atoms with E-state index in [0.29, 0.717) is 11.6 Å². The number of hydrogen-bond acceptors (Lipinski definition) is 7. The first-order chi connectivity index (χ1) is 12.8. The fraction of sp³-hybridized carbons (Fsp3) is 0.188. The summed E-state index contributed by atoms with van der Waals surface area (Å²) < 4.78 is 29.0. The summed E-state index contributed by atoms with van der Waals surface area (Å²) in [7, 11) is -4.17. The fourth-order valence-electron chi connectivity index (χ4n) is 2.53. The first kappa shape index (κ1) is 18.9.